The first-order chi connectivity index (χ1) is 9.25. The lowest BCUT2D eigenvalue weighted by Crippen LogP contribution is -2.35. The Kier molecular flexibility index (Phi) is 3.03. The summed E-state index contributed by atoms with van der Waals surface area (Å²) < 4.78 is 5.45. The number of benzene rings is 1. The number of para-hydroxylation sites is 1. The van der Waals surface area contributed by atoms with Gasteiger partial charge in [-0.15, -0.1) is 0 Å². The molecule has 19 heavy (non-hydrogen) atoms. The first-order valence-electron chi connectivity index (χ1n) is 6.59. The molecule has 0 saturated heterocycles. The van der Waals surface area contributed by atoms with Crippen LogP contribution in [0.15, 0.2) is 34.9 Å². The Labute approximate surface area is 111 Å². The maximum absolute atomic E-state index is 11.9. The predicted molar refractivity (Wildman–Crippen MR) is 71.7 cm³/mol. The summed E-state index contributed by atoms with van der Waals surface area (Å²) in [5, 5.41) is 13.2. The van der Waals surface area contributed by atoms with Crippen LogP contribution >= 0.6 is 0 Å². The van der Waals surface area contributed by atoms with Crippen LogP contribution in [0, 0.1) is 5.41 Å². The lowest BCUT2D eigenvalue weighted by molar-refractivity contribution is -0.127. The second-order valence-corrected chi connectivity index (χ2v) is 5.20. The second kappa shape index (κ2) is 4.70. The smallest absolute Gasteiger partial charge is 0.228 e. The topological polar surface area (TPSA) is 62.5 Å². The van der Waals surface area contributed by atoms with E-state index in [9.17, 15) is 9.90 Å². The van der Waals surface area contributed by atoms with E-state index in [1.54, 1.807) is 6.26 Å². The van der Waals surface area contributed by atoms with Crippen LogP contribution in [0.1, 0.15) is 18.4 Å². The van der Waals surface area contributed by atoms with E-state index in [1.807, 2.05) is 24.3 Å². The molecule has 0 aliphatic heterocycles. The quantitative estimate of drug-likeness (QED) is 0.861. The Morgan fingerprint density at radius 2 is 2.16 bits per heavy atom. The zero-order valence-corrected chi connectivity index (χ0v) is 10.7. The van der Waals surface area contributed by atoms with E-state index in [2.05, 4.69) is 5.32 Å². The van der Waals surface area contributed by atoms with Gasteiger partial charge in [0, 0.05) is 11.9 Å². The monoisotopic (exact) mass is 259 g/mol. The van der Waals surface area contributed by atoms with Crippen molar-refractivity contribution in [3.05, 3.63) is 36.1 Å². The molecule has 1 aliphatic carbocycles. The molecule has 1 fully saturated rings. The van der Waals surface area contributed by atoms with Crippen molar-refractivity contribution in [2.24, 2.45) is 5.41 Å². The molecule has 0 bridgehead atoms. The Morgan fingerprint density at radius 1 is 1.37 bits per heavy atom. The van der Waals surface area contributed by atoms with Gasteiger partial charge in [-0.1, -0.05) is 18.2 Å². The van der Waals surface area contributed by atoms with Crippen molar-refractivity contribution in [1.29, 1.82) is 0 Å². The zero-order valence-electron chi connectivity index (χ0n) is 10.7. The number of hydrogen-bond acceptors (Lipinski definition) is 3. The molecule has 1 aromatic heterocycles. The van der Waals surface area contributed by atoms with E-state index in [-0.39, 0.29) is 12.5 Å². The number of hydrogen-bond donors (Lipinski definition) is 2. The molecule has 3 rings (SSSR count). The molecule has 0 atom stereocenters. The van der Waals surface area contributed by atoms with Gasteiger partial charge in [0.1, 0.15) is 5.58 Å². The molecule has 0 unspecified atom stereocenters. The standard InChI is InChI=1S/C15H17NO3/c17-10-15(6-7-15)14(18)16-8-5-11-9-19-13-4-2-1-3-12(11)13/h1-4,9,17H,5-8,10H2,(H,16,18). The zero-order chi connectivity index (χ0) is 13.3. The summed E-state index contributed by atoms with van der Waals surface area (Å²) in [6.07, 6.45) is 4.08. The highest BCUT2D eigenvalue weighted by atomic mass is 16.3. The minimum atomic E-state index is -0.488. The average molecular weight is 259 g/mol. The molecule has 0 spiro atoms. The number of fused-ring (bicyclic) bond motifs is 1. The van der Waals surface area contributed by atoms with Gasteiger partial charge in [0.25, 0.3) is 0 Å². The number of nitrogens with one attached hydrogen (secondary N) is 1. The molecule has 1 aliphatic rings. The lowest BCUT2D eigenvalue weighted by atomic mass is 10.1. The molecule has 1 saturated carbocycles. The summed E-state index contributed by atoms with van der Waals surface area (Å²) in [6, 6.07) is 7.87. The fourth-order valence-electron chi connectivity index (χ4n) is 2.33. The van der Waals surface area contributed by atoms with Crippen LogP contribution in [0.4, 0.5) is 0 Å². The van der Waals surface area contributed by atoms with Gasteiger partial charge in [0.15, 0.2) is 0 Å². The molecule has 0 radical (unpaired) electrons. The average Bonchev–Trinajstić information content (AvgIpc) is 3.15. The molecule has 2 aromatic rings. The minimum absolute atomic E-state index is 0.0252. The first-order valence-corrected chi connectivity index (χ1v) is 6.59. The maximum atomic E-state index is 11.9. The predicted octanol–water partition coefficient (Wildman–Crippen LogP) is 1.86. The van der Waals surface area contributed by atoms with E-state index in [1.165, 1.54) is 0 Å². The van der Waals surface area contributed by atoms with Crippen LogP contribution in [0.25, 0.3) is 11.0 Å². The van der Waals surface area contributed by atoms with Crippen molar-refractivity contribution in [2.45, 2.75) is 19.3 Å². The Hall–Kier alpha value is -1.81. The van der Waals surface area contributed by atoms with Crippen molar-refractivity contribution < 1.29 is 14.3 Å². The molecule has 100 valence electrons. The van der Waals surface area contributed by atoms with Gasteiger partial charge in [-0.25, -0.2) is 0 Å². The van der Waals surface area contributed by atoms with Crippen molar-refractivity contribution in [3.63, 3.8) is 0 Å². The molecule has 4 heteroatoms. The molecule has 1 aromatic carbocycles. The largest absolute Gasteiger partial charge is 0.464 e. The lowest BCUT2D eigenvalue weighted by Gasteiger charge is -2.11. The fourth-order valence-corrected chi connectivity index (χ4v) is 2.33. The number of furan rings is 1. The Bertz CT molecular complexity index is 598. The number of aliphatic hydroxyl groups is 1. The highest BCUT2D eigenvalue weighted by Gasteiger charge is 2.49. The van der Waals surface area contributed by atoms with Gasteiger partial charge in [0.2, 0.25) is 5.91 Å². The maximum Gasteiger partial charge on any atom is 0.228 e. The van der Waals surface area contributed by atoms with Crippen molar-refractivity contribution >= 4 is 16.9 Å². The molecule has 2 N–H and O–H groups in total. The third kappa shape index (κ3) is 2.24. The molecule has 4 nitrogen and oxygen atoms in total. The van der Waals surface area contributed by atoms with Crippen LogP contribution in [-0.2, 0) is 11.2 Å². The van der Waals surface area contributed by atoms with E-state index in [0.29, 0.717) is 6.54 Å². The van der Waals surface area contributed by atoms with Crippen LogP contribution in [0.3, 0.4) is 0 Å². The normalized spacial score (nSPS) is 16.5. The van der Waals surface area contributed by atoms with Gasteiger partial charge in [-0.05, 0) is 30.9 Å². The summed E-state index contributed by atoms with van der Waals surface area (Å²) in [5.41, 5.74) is 1.49. The van der Waals surface area contributed by atoms with E-state index >= 15 is 0 Å². The number of carbonyl (C=O) groups is 1. The number of aliphatic hydroxyl groups excluding tert-OH is 1. The van der Waals surface area contributed by atoms with Gasteiger partial charge < -0.3 is 14.8 Å². The van der Waals surface area contributed by atoms with Crippen LogP contribution in [0.5, 0.6) is 0 Å². The van der Waals surface area contributed by atoms with Gasteiger partial charge in [-0.3, -0.25) is 4.79 Å². The fraction of sp³-hybridized carbons (Fsp3) is 0.400. The van der Waals surface area contributed by atoms with Crippen molar-refractivity contribution in [1.82, 2.24) is 5.32 Å². The van der Waals surface area contributed by atoms with Crippen molar-refractivity contribution in [3.8, 4) is 0 Å². The molecule has 1 amide bonds. The highest BCUT2D eigenvalue weighted by molar-refractivity contribution is 5.85. The third-order valence-corrected chi connectivity index (χ3v) is 3.88. The Balaban J connectivity index is 1.59. The van der Waals surface area contributed by atoms with Gasteiger partial charge in [-0.2, -0.15) is 0 Å². The number of rotatable bonds is 5. The summed E-state index contributed by atoms with van der Waals surface area (Å²) in [5.74, 6) is -0.0252. The summed E-state index contributed by atoms with van der Waals surface area (Å²) in [4.78, 5) is 11.9. The summed E-state index contributed by atoms with van der Waals surface area (Å²) in [7, 11) is 0. The second-order valence-electron chi connectivity index (χ2n) is 5.20. The molecular formula is C15H17NO3. The van der Waals surface area contributed by atoms with E-state index < -0.39 is 5.41 Å². The first kappa shape index (κ1) is 12.2. The van der Waals surface area contributed by atoms with Gasteiger partial charge in [0.05, 0.1) is 18.3 Å². The number of amides is 1. The Morgan fingerprint density at radius 3 is 2.89 bits per heavy atom. The van der Waals surface area contributed by atoms with Crippen LogP contribution in [0.2, 0.25) is 0 Å². The van der Waals surface area contributed by atoms with Crippen molar-refractivity contribution in [2.75, 3.05) is 13.2 Å². The molecular weight excluding hydrogens is 242 g/mol. The minimum Gasteiger partial charge on any atom is -0.464 e. The van der Waals surface area contributed by atoms with Crippen LogP contribution in [-0.4, -0.2) is 24.2 Å². The summed E-state index contributed by atoms with van der Waals surface area (Å²) >= 11 is 0. The SMILES string of the molecule is O=C(NCCc1coc2ccccc12)C1(CO)CC1. The summed E-state index contributed by atoms with van der Waals surface area (Å²) in [6.45, 7) is 0.525. The third-order valence-electron chi connectivity index (χ3n) is 3.88. The highest BCUT2D eigenvalue weighted by Crippen LogP contribution is 2.45. The van der Waals surface area contributed by atoms with Gasteiger partial charge >= 0.3 is 0 Å². The van der Waals surface area contributed by atoms with E-state index in [4.69, 9.17) is 4.42 Å². The van der Waals surface area contributed by atoms with E-state index in [0.717, 1.165) is 35.8 Å². The molecule has 1 heterocycles. The van der Waals surface area contributed by atoms with Crippen LogP contribution < -0.4 is 5.32 Å². The number of carbonyl (C=O) groups excluding carboxylic acids is 1.